The molecule has 0 radical (unpaired) electrons. The molecule has 1 amide bonds. The first kappa shape index (κ1) is 24.1. The zero-order chi connectivity index (χ0) is 22.5. The van der Waals surface area contributed by atoms with E-state index in [0.29, 0.717) is 6.54 Å². The number of nitrogens with zero attached hydrogens (tertiary/aromatic N) is 1. The Bertz CT molecular complexity index is 1040. The topological polar surface area (TPSA) is 92.8 Å². The highest BCUT2D eigenvalue weighted by atomic mass is 35.5. The number of hydrogen-bond acceptors (Lipinski definition) is 5. The van der Waals surface area contributed by atoms with Crippen LogP contribution < -0.4 is 4.72 Å². The number of carbonyl (C=O) groups excluding carboxylic acids is 2. The largest absolute Gasteiger partial charge is 0.454 e. The average molecular weight is 473 g/mol. The summed E-state index contributed by atoms with van der Waals surface area (Å²) >= 11 is 11.6. The summed E-state index contributed by atoms with van der Waals surface area (Å²) in [6.07, 6.45) is 0. The van der Waals surface area contributed by atoms with Crippen LogP contribution in [0.1, 0.15) is 18.1 Å². The fourth-order valence-corrected chi connectivity index (χ4v) is 4.07. The SMILES string of the molecule is Cc1ccccc1CN(C)C(=O)COC(=O)[C@H](C)NS(=O)(=O)c1ccc(Cl)c(Cl)c1. The van der Waals surface area contributed by atoms with Crippen molar-refractivity contribution in [3.8, 4) is 0 Å². The van der Waals surface area contributed by atoms with Crippen LogP contribution in [-0.2, 0) is 30.9 Å². The summed E-state index contributed by atoms with van der Waals surface area (Å²) in [5.41, 5.74) is 2.02. The summed E-state index contributed by atoms with van der Waals surface area (Å²) in [6.45, 7) is 3.12. The summed E-state index contributed by atoms with van der Waals surface area (Å²) in [6, 6.07) is 10.2. The Balaban J connectivity index is 1.91. The van der Waals surface area contributed by atoms with Crippen LogP contribution in [-0.4, -0.2) is 44.9 Å². The first-order valence-corrected chi connectivity index (χ1v) is 11.2. The second kappa shape index (κ2) is 10.3. The Morgan fingerprint density at radius 2 is 1.80 bits per heavy atom. The number of rotatable bonds is 8. The number of hydrogen-bond donors (Lipinski definition) is 1. The predicted molar refractivity (Wildman–Crippen MR) is 115 cm³/mol. The molecule has 2 aromatic rings. The number of ether oxygens (including phenoxy) is 1. The van der Waals surface area contributed by atoms with E-state index in [4.69, 9.17) is 27.9 Å². The van der Waals surface area contributed by atoms with Crippen LogP contribution in [0.15, 0.2) is 47.4 Å². The molecule has 162 valence electrons. The van der Waals surface area contributed by atoms with E-state index < -0.39 is 34.5 Å². The van der Waals surface area contributed by atoms with Crippen molar-refractivity contribution in [1.82, 2.24) is 9.62 Å². The lowest BCUT2D eigenvalue weighted by molar-refractivity contribution is -0.152. The van der Waals surface area contributed by atoms with Crippen LogP contribution >= 0.6 is 23.2 Å². The first-order valence-electron chi connectivity index (χ1n) is 8.93. The van der Waals surface area contributed by atoms with Gasteiger partial charge in [-0.3, -0.25) is 9.59 Å². The van der Waals surface area contributed by atoms with Crippen LogP contribution in [0.3, 0.4) is 0 Å². The lowest BCUT2D eigenvalue weighted by Crippen LogP contribution is -2.41. The van der Waals surface area contributed by atoms with Gasteiger partial charge in [-0.2, -0.15) is 4.72 Å². The molecule has 0 heterocycles. The second-order valence-corrected chi connectivity index (χ2v) is 9.23. The van der Waals surface area contributed by atoms with Crippen LogP contribution in [0.5, 0.6) is 0 Å². The number of benzene rings is 2. The van der Waals surface area contributed by atoms with Crippen molar-refractivity contribution in [3.05, 3.63) is 63.6 Å². The highest BCUT2D eigenvalue weighted by molar-refractivity contribution is 7.89. The molecule has 0 saturated carbocycles. The van der Waals surface area contributed by atoms with E-state index in [2.05, 4.69) is 4.72 Å². The van der Waals surface area contributed by atoms with Gasteiger partial charge in [0, 0.05) is 13.6 Å². The number of nitrogens with one attached hydrogen (secondary N) is 1. The van der Waals surface area contributed by atoms with E-state index in [1.165, 1.54) is 30.0 Å². The molecular formula is C20H22Cl2N2O5S. The molecule has 7 nitrogen and oxygen atoms in total. The zero-order valence-corrected chi connectivity index (χ0v) is 19.0. The normalized spacial score (nSPS) is 12.3. The molecule has 1 N–H and O–H groups in total. The van der Waals surface area contributed by atoms with E-state index in [1.54, 1.807) is 7.05 Å². The van der Waals surface area contributed by atoms with E-state index in [-0.39, 0.29) is 14.9 Å². The Morgan fingerprint density at radius 3 is 2.43 bits per heavy atom. The molecule has 0 bridgehead atoms. The van der Waals surface area contributed by atoms with Crippen molar-refractivity contribution in [2.24, 2.45) is 0 Å². The van der Waals surface area contributed by atoms with Gasteiger partial charge in [-0.1, -0.05) is 47.5 Å². The maximum absolute atomic E-state index is 12.4. The number of esters is 1. The summed E-state index contributed by atoms with van der Waals surface area (Å²) in [5, 5.41) is 0.272. The van der Waals surface area contributed by atoms with Crippen LogP contribution in [0.4, 0.5) is 0 Å². The van der Waals surface area contributed by atoms with Gasteiger partial charge in [-0.15, -0.1) is 0 Å². The highest BCUT2D eigenvalue weighted by Gasteiger charge is 2.24. The van der Waals surface area contributed by atoms with Crippen molar-refractivity contribution >= 4 is 45.1 Å². The number of halogens is 2. The fourth-order valence-electron chi connectivity index (χ4n) is 2.49. The number of sulfonamides is 1. The maximum atomic E-state index is 12.4. The molecule has 1 atom stereocenters. The third-order valence-corrected chi connectivity index (χ3v) is 6.60. The number of carbonyl (C=O) groups is 2. The Labute approximate surface area is 186 Å². The summed E-state index contributed by atoms with van der Waals surface area (Å²) in [4.78, 5) is 25.7. The Kier molecular flexibility index (Phi) is 8.25. The van der Waals surface area contributed by atoms with E-state index in [9.17, 15) is 18.0 Å². The molecule has 0 fully saturated rings. The minimum Gasteiger partial charge on any atom is -0.454 e. The molecule has 0 aromatic heterocycles. The molecule has 0 unspecified atom stereocenters. The number of amides is 1. The monoisotopic (exact) mass is 472 g/mol. The van der Waals surface area contributed by atoms with E-state index in [0.717, 1.165) is 11.1 Å². The summed E-state index contributed by atoms with van der Waals surface area (Å²) in [7, 11) is -2.44. The van der Waals surface area contributed by atoms with E-state index >= 15 is 0 Å². The van der Waals surface area contributed by atoms with Crippen molar-refractivity contribution in [2.45, 2.75) is 31.3 Å². The van der Waals surface area contributed by atoms with Crippen molar-refractivity contribution in [2.75, 3.05) is 13.7 Å². The number of aryl methyl sites for hydroxylation is 1. The van der Waals surface area contributed by atoms with Gasteiger partial charge >= 0.3 is 5.97 Å². The van der Waals surface area contributed by atoms with Gasteiger partial charge in [0.15, 0.2) is 6.61 Å². The minimum absolute atomic E-state index is 0.0667. The van der Waals surface area contributed by atoms with Gasteiger partial charge < -0.3 is 9.64 Å². The van der Waals surface area contributed by atoms with Gasteiger partial charge in [0.2, 0.25) is 10.0 Å². The summed E-state index contributed by atoms with van der Waals surface area (Å²) in [5.74, 6) is -1.29. The quantitative estimate of drug-likeness (QED) is 0.595. The summed E-state index contributed by atoms with van der Waals surface area (Å²) < 4.78 is 32.0. The van der Waals surface area contributed by atoms with Gasteiger partial charge in [0.25, 0.3) is 5.91 Å². The van der Waals surface area contributed by atoms with Crippen LogP contribution in [0.2, 0.25) is 10.0 Å². The molecule has 0 spiro atoms. The standard InChI is InChI=1S/C20H22Cl2N2O5S/c1-13-6-4-5-7-15(13)11-24(3)19(25)12-29-20(26)14(2)23-30(27,28)16-8-9-17(21)18(22)10-16/h4-10,14,23H,11-12H2,1-3H3/t14-/m0/s1. The molecule has 0 saturated heterocycles. The molecule has 30 heavy (non-hydrogen) atoms. The average Bonchev–Trinajstić information content (AvgIpc) is 2.69. The smallest absolute Gasteiger partial charge is 0.324 e. The van der Waals surface area contributed by atoms with Gasteiger partial charge in [0.05, 0.1) is 14.9 Å². The third-order valence-electron chi connectivity index (χ3n) is 4.32. The molecular weight excluding hydrogens is 451 g/mol. The van der Waals surface area contributed by atoms with Crippen molar-refractivity contribution in [1.29, 1.82) is 0 Å². The molecule has 2 rings (SSSR count). The Hall–Kier alpha value is -2.13. The molecule has 0 aliphatic rings. The van der Waals surface area contributed by atoms with Gasteiger partial charge in [0.1, 0.15) is 6.04 Å². The molecule has 0 aliphatic carbocycles. The second-order valence-electron chi connectivity index (χ2n) is 6.70. The van der Waals surface area contributed by atoms with Crippen LogP contribution in [0.25, 0.3) is 0 Å². The molecule has 2 aromatic carbocycles. The van der Waals surface area contributed by atoms with E-state index in [1.807, 2.05) is 31.2 Å². The third kappa shape index (κ3) is 6.43. The van der Waals surface area contributed by atoms with Gasteiger partial charge in [-0.05, 0) is 43.2 Å². The lowest BCUT2D eigenvalue weighted by Gasteiger charge is -2.19. The van der Waals surface area contributed by atoms with Crippen molar-refractivity contribution < 1.29 is 22.7 Å². The highest BCUT2D eigenvalue weighted by Crippen LogP contribution is 2.24. The van der Waals surface area contributed by atoms with Crippen LogP contribution in [0, 0.1) is 6.92 Å². The first-order chi connectivity index (χ1) is 14.0. The van der Waals surface area contributed by atoms with Gasteiger partial charge in [-0.25, -0.2) is 8.42 Å². The number of likely N-dealkylation sites (N-methyl/N-ethyl adjacent to an activating group) is 1. The molecule has 0 aliphatic heterocycles. The minimum atomic E-state index is -4.03. The molecule has 10 heteroatoms. The zero-order valence-electron chi connectivity index (χ0n) is 16.7. The fraction of sp³-hybridized carbons (Fsp3) is 0.300. The predicted octanol–water partition coefficient (Wildman–Crippen LogP) is 3.17. The lowest BCUT2D eigenvalue weighted by atomic mass is 10.1. The Morgan fingerprint density at radius 1 is 1.13 bits per heavy atom. The van der Waals surface area contributed by atoms with Crippen molar-refractivity contribution in [3.63, 3.8) is 0 Å². The maximum Gasteiger partial charge on any atom is 0.324 e.